The van der Waals surface area contributed by atoms with Crippen molar-refractivity contribution in [3.63, 3.8) is 0 Å². The van der Waals surface area contributed by atoms with Gasteiger partial charge in [-0.2, -0.15) is 5.10 Å². The minimum absolute atomic E-state index is 0.00228. The number of cyclic esters (lactones) is 1. The standard InChI is InChI=1S/C19H28N4O3.CH2O2/c1-14-12-20-21-17(15(14)2)23-5-3-19(4-6-23)11-16(26-18(19)24)13-22-7-9-25-10-8-22;2-1-3/h12,16H,3-11,13H2,1-2H3;1H,(H,2,3). The molecule has 1 aromatic rings. The molecule has 29 heavy (non-hydrogen) atoms. The maximum atomic E-state index is 12.7. The van der Waals surface area contributed by atoms with E-state index in [-0.39, 0.29) is 24.0 Å². The Bertz CT molecular complexity index is 715. The molecule has 1 unspecified atom stereocenters. The summed E-state index contributed by atoms with van der Waals surface area (Å²) >= 11 is 0. The Kier molecular flexibility index (Phi) is 7.02. The van der Waals surface area contributed by atoms with Gasteiger partial charge in [-0.1, -0.05) is 0 Å². The molecule has 9 heteroatoms. The highest BCUT2D eigenvalue weighted by Crippen LogP contribution is 2.44. The van der Waals surface area contributed by atoms with E-state index in [0.29, 0.717) is 0 Å². The topological polar surface area (TPSA) is 105 Å². The Morgan fingerprint density at radius 3 is 2.55 bits per heavy atom. The van der Waals surface area contributed by atoms with Crippen LogP contribution in [0.15, 0.2) is 6.20 Å². The summed E-state index contributed by atoms with van der Waals surface area (Å²) in [5, 5.41) is 15.3. The highest BCUT2D eigenvalue weighted by molar-refractivity contribution is 5.79. The first-order valence-electron chi connectivity index (χ1n) is 10.1. The minimum Gasteiger partial charge on any atom is -0.483 e. The van der Waals surface area contributed by atoms with Gasteiger partial charge in [-0.05, 0) is 37.8 Å². The summed E-state index contributed by atoms with van der Waals surface area (Å²) in [6.07, 6.45) is 4.33. The van der Waals surface area contributed by atoms with Crippen molar-refractivity contribution in [3.05, 3.63) is 17.3 Å². The second-order valence-corrected chi connectivity index (χ2v) is 7.99. The maximum Gasteiger partial charge on any atom is 0.312 e. The quantitative estimate of drug-likeness (QED) is 0.582. The lowest BCUT2D eigenvalue weighted by atomic mass is 9.76. The molecule has 0 amide bonds. The van der Waals surface area contributed by atoms with Gasteiger partial charge in [0.25, 0.3) is 6.47 Å². The van der Waals surface area contributed by atoms with Crippen molar-refractivity contribution in [2.24, 2.45) is 5.41 Å². The zero-order valence-corrected chi connectivity index (χ0v) is 17.2. The third-order valence-corrected chi connectivity index (χ3v) is 6.24. The fraction of sp³-hybridized carbons (Fsp3) is 0.700. The lowest BCUT2D eigenvalue weighted by Gasteiger charge is -2.37. The Balaban J connectivity index is 0.000000755. The van der Waals surface area contributed by atoms with E-state index >= 15 is 0 Å². The molecule has 4 rings (SSSR count). The lowest BCUT2D eigenvalue weighted by Crippen LogP contribution is -2.43. The second-order valence-electron chi connectivity index (χ2n) is 7.99. The molecule has 3 aliphatic heterocycles. The number of carbonyl (C=O) groups excluding carboxylic acids is 1. The SMILES string of the molecule is Cc1cnnc(N2CCC3(CC2)CC(CN2CCOCC2)OC3=O)c1C.O=CO. The Labute approximate surface area is 171 Å². The van der Waals surface area contributed by atoms with E-state index in [1.54, 1.807) is 6.20 Å². The van der Waals surface area contributed by atoms with Crippen LogP contribution in [-0.4, -0.2) is 84.7 Å². The molecule has 0 aliphatic carbocycles. The Morgan fingerprint density at radius 1 is 1.24 bits per heavy atom. The van der Waals surface area contributed by atoms with Gasteiger partial charge in [-0.25, -0.2) is 0 Å². The van der Waals surface area contributed by atoms with Gasteiger partial charge in [0, 0.05) is 39.1 Å². The van der Waals surface area contributed by atoms with E-state index in [2.05, 4.69) is 33.8 Å². The van der Waals surface area contributed by atoms with Crippen molar-refractivity contribution in [1.82, 2.24) is 15.1 Å². The average molecular weight is 406 g/mol. The van der Waals surface area contributed by atoms with Gasteiger partial charge >= 0.3 is 5.97 Å². The van der Waals surface area contributed by atoms with Gasteiger partial charge in [0.1, 0.15) is 6.10 Å². The molecule has 4 heterocycles. The van der Waals surface area contributed by atoms with E-state index in [9.17, 15) is 4.79 Å². The molecule has 0 aromatic carbocycles. The molecule has 3 saturated heterocycles. The summed E-state index contributed by atoms with van der Waals surface area (Å²) in [4.78, 5) is 25.6. The number of rotatable bonds is 3. The number of carbonyl (C=O) groups is 2. The first-order valence-corrected chi connectivity index (χ1v) is 10.1. The monoisotopic (exact) mass is 406 g/mol. The van der Waals surface area contributed by atoms with Crippen LogP contribution < -0.4 is 4.90 Å². The second kappa shape index (κ2) is 9.49. The lowest BCUT2D eigenvalue weighted by molar-refractivity contribution is -0.150. The molecule has 160 valence electrons. The van der Waals surface area contributed by atoms with Crippen LogP contribution in [0.2, 0.25) is 0 Å². The average Bonchev–Trinajstić information content (AvgIpc) is 3.01. The van der Waals surface area contributed by atoms with Gasteiger partial charge in [0.2, 0.25) is 0 Å². The van der Waals surface area contributed by atoms with Crippen LogP contribution in [0.4, 0.5) is 5.82 Å². The summed E-state index contributed by atoms with van der Waals surface area (Å²) in [6, 6.07) is 0. The van der Waals surface area contributed by atoms with Gasteiger partial charge in [-0.15, -0.1) is 5.10 Å². The highest BCUT2D eigenvalue weighted by atomic mass is 16.6. The van der Waals surface area contributed by atoms with Crippen molar-refractivity contribution in [2.45, 2.75) is 39.2 Å². The molecule has 1 atom stereocenters. The van der Waals surface area contributed by atoms with Gasteiger partial charge in [-0.3, -0.25) is 14.5 Å². The fourth-order valence-electron chi connectivity index (χ4n) is 4.38. The van der Waals surface area contributed by atoms with Crippen LogP contribution in [0.25, 0.3) is 0 Å². The predicted molar refractivity (Wildman–Crippen MR) is 106 cm³/mol. The van der Waals surface area contributed by atoms with Crippen LogP contribution in [0.5, 0.6) is 0 Å². The number of morpholine rings is 1. The van der Waals surface area contributed by atoms with Crippen LogP contribution in [-0.2, 0) is 19.1 Å². The fourth-order valence-corrected chi connectivity index (χ4v) is 4.38. The molecule has 9 nitrogen and oxygen atoms in total. The summed E-state index contributed by atoms with van der Waals surface area (Å²) in [7, 11) is 0. The van der Waals surface area contributed by atoms with Crippen molar-refractivity contribution in [2.75, 3.05) is 50.8 Å². The first-order chi connectivity index (χ1) is 14.0. The van der Waals surface area contributed by atoms with E-state index in [0.717, 1.165) is 76.6 Å². The minimum atomic E-state index is -0.307. The molecule has 0 saturated carbocycles. The number of hydrogen-bond donors (Lipinski definition) is 1. The van der Waals surface area contributed by atoms with E-state index in [1.165, 1.54) is 5.56 Å². The summed E-state index contributed by atoms with van der Waals surface area (Å²) in [6.45, 7) is 9.81. The zero-order chi connectivity index (χ0) is 20.9. The molecule has 3 aliphatic rings. The molecule has 0 bridgehead atoms. The van der Waals surface area contributed by atoms with Crippen LogP contribution in [0.3, 0.4) is 0 Å². The van der Waals surface area contributed by atoms with Crippen LogP contribution in [0.1, 0.15) is 30.4 Å². The smallest absolute Gasteiger partial charge is 0.312 e. The van der Waals surface area contributed by atoms with Crippen molar-refractivity contribution >= 4 is 18.3 Å². The molecular formula is C20H30N4O5. The summed E-state index contributed by atoms with van der Waals surface area (Å²) in [5.74, 6) is 0.957. The van der Waals surface area contributed by atoms with Crippen LogP contribution in [0, 0.1) is 19.3 Å². The molecule has 1 aromatic heterocycles. The van der Waals surface area contributed by atoms with Crippen molar-refractivity contribution in [3.8, 4) is 0 Å². The maximum absolute atomic E-state index is 12.7. The van der Waals surface area contributed by atoms with E-state index in [1.807, 2.05) is 0 Å². The number of aryl methyl sites for hydroxylation is 1. The van der Waals surface area contributed by atoms with E-state index in [4.69, 9.17) is 19.4 Å². The first kappa shape index (κ1) is 21.4. The predicted octanol–water partition coefficient (Wildman–Crippen LogP) is 1.03. The third kappa shape index (κ3) is 4.84. The van der Waals surface area contributed by atoms with E-state index < -0.39 is 0 Å². The number of ether oxygens (including phenoxy) is 2. The Morgan fingerprint density at radius 2 is 1.90 bits per heavy atom. The normalized spacial score (nSPS) is 24.0. The summed E-state index contributed by atoms with van der Waals surface area (Å²) < 4.78 is 11.2. The number of esters is 1. The molecule has 1 spiro atoms. The number of aromatic nitrogens is 2. The van der Waals surface area contributed by atoms with Crippen molar-refractivity contribution < 1.29 is 24.2 Å². The van der Waals surface area contributed by atoms with Gasteiger partial charge in [0.15, 0.2) is 5.82 Å². The Hall–Kier alpha value is -2.26. The number of nitrogens with zero attached hydrogens (tertiary/aromatic N) is 4. The van der Waals surface area contributed by atoms with Crippen molar-refractivity contribution in [1.29, 1.82) is 0 Å². The van der Waals surface area contributed by atoms with Gasteiger partial charge < -0.3 is 19.5 Å². The molecule has 0 radical (unpaired) electrons. The number of carboxylic acid groups (broad SMARTS) is 1. The zero-order valence-electron chi connectivity index (χ0n) is 17.2. The highest BCUT2D eigenvalue weighted by Gasteiger charge is 2.50. The molecule has 1 N–H and O–H groups in total. The third-order valence-electron chi connectivity index (χ3n) is 6.24. The molecular weight excluding hydrogens is 376 g/mol. The van der Waals surface area contributed by atoms with Crippen LogP contribution >= 0.6 is 0 Å². The number of anilines is 1. The number of hydrogen-bond acceptors (Lipinski definition) is 8. The van der Waals surface area contributed by atoms with Gasteiger partial charge in [0.05, 0.1) is 24.8 Å². The largest absolute Gasteiger partial charge is 0.483 e. The summed E-state index contributed by atoms with van der Waals surface area (Å²) in [5.41, 5.74) is 2.02. The number of piperidine rings is 1. The molecule has 3 fully saturated rings.